The Labute approximate surface area is 99.9 Å². The molecule has 1 aliphatic carbocycles. The van der Waals surface area contributed by atoms with Crippen molar-refractivity contribution in [2.75, 3.05) is 20.6 Å². The Kier molecular flexibility index (Phi) is 8.91. The maximum atomic E-state index is 11.4. The molecule has 1 rings (SSSR count). The van der Waals surface area contributed by atoms with Crippen LogP contribution in [0.5, 0.6) is 0 Å². The number of likely N-dealkylation sites (N-methyl/N-ethyl adjacent to an activating group) is 1. The quantitative estimate of drug-likeness (QED) is 0.745. The lowest BCUT2D eigenvalue weighted by Gasteiger charge is -2.09. The van der Waals surface area contributed by atoms with Gasteiger partial charge in [0.2, 0.25) is 5.91 Å². The maximum Gasteiger partial charge on any atom is 0.243 e. The molecule has 94 valence electrons. The van der Waals surface area contributed by atoms with E-state index in [0.29, 0.717) is 6.04 Å². The second-order valence-corrected chi connectivity index (χ2v) is 4.15. The van der Waals surface area contributed by atoms with Crippen molar-refractivity contribution in [3.63, 3.8) is 0 Å². The van der Waals surface area contributed by atoms with Crippen LogP contribution in [0.15, 0.2) is 12.2 Å². The van der Waals surface area contributed by atoms with Gasteiger partial charge < -0.3 is 10.2 Å². The molecule has 0 aliphatic heterocycles. The fraction of sp³-hybridized carbons (Fsp3) is 0.769. The summed E-state index contributed by atoms with van der Waals surface area (Å²) in [6, 6.07) is 0.423. The summed E-state index contributed by atoms with van der Waals surface area (Å²) in [5, 5.41) is 3.01. The molecule has 0 atom stereocenters. The molecule has 16 heavy (non-hydrogen) atoms. The Balaban J connectivity index is 0.00000106. The first kappa shape index (κ1) is 15.2. The summed E-state index contributed by atoms with van der Waals surface area (Å²) in [7, 11) is 3.97. The van der Waals surface area contributed by atoms with Crippen molar-refractivity contribution < 1.29 is 4.79 Å². The van der Waals surface area contributed by atoms with Crippen molar-refractivity contribution >= 4 is 5.91 Å². The van der Waals surface area contributed by atoms with E-state index < -0.39 is 0 Å². The van der Waals surface area contributed by atoms with Gasteiger partial charge in [0, 0.05) is 18.7 Å². The molecule has 0 aromatic carbocycles. The summed E-state index contributed by atoms with van der Waals surface area (Å²) in [5.41, 5.74) is 0. The molecule has 3 nitrogen and oxygen atoms in total. The van der Waals surface area contributed by atoms with Gasteiger partial charge in [0.05, 0.1) is 0 Å². The molecule has 1 fully saturated rings. The summed E-state index contributed by atoms with van der Waals surface area (Å²) in [6.07, 6.45) is 8.34. The van der Waals surface area contributed by atoms with Crippen LogP contribution < -0.4 is 5.32 Å². The zero-order chi connectivity index (χ0) is 12.4. The second kappa shape index (κ2) is 9.40. The molecule has 3 heteroatoms. The van der Waals surface area contributed by atoms with Gasteiger partial charge in [0.25, 0.3) is 0 Å². The summed E-state index contributed by atoms with van der Waals surface area (Å²) in [4.78, 5) is 13.4. The Morgan fingerprint density at radius 2 is 1.88 bits per heavy atom. The van der Waals surface area contributed by atoms with Gasteiger partial charge in [-0.3, -0.25) is 4.79 Å². The van der Waals surface area contributed by atoms with E-state index in [1.54, 1.807) is 6.08 Å². The minimum atomic E-state index is 0.0544. The highest BCUT2D eigenvalue weighted by molar-refractivity contribution is 5.87. The molecule has 0 aromatic heterocycles. The molecular formula is C13H26N2O. The average molecular weight is 226 g/mol. The summed E-state index contributed by atoms with van der Waals surface area (Å²) in [6.45, 7) is 4.82. The van der Waals surface area contributed by atoms with Crippen molar-refractivity contribution in [2.45, 2.75) is 45.6 Å². The number of carbonyl (C=O) groups excluding carboxylic acids is 1. The Morgan fingerprint density at radius 1 is 1.31 bits per heavy atom. The monoisotopic (exact) mass is 226 g/mol. The predicted molar refractivity (Wildman–Crippen MR) is 69.4 cm³/mol. The molecule has 0 unspecified atom stereocenters. The van der Waals surface area contributed by atoms with Crippen molar-refractivity contribution in [3.8, 4) is 0 Å². The maximum absolute atomic E-state index is 11.4. The molecular weight excluding hydrogens is 200 g/mol. The van der Waals surface area contributed by atoms with Crippen molar-refractivity contribution in [2.24, 2.45) is 0 Å². The highest BCUT2D eigenvalue weighted by atomic mass is 16.1. The van der Waals surface area contributed by atoms with Gasteiger partial charge in [0.1, 0.15) is 0 Å². The van der Waals surface area contributed by atoms with Gasteiger partial charge in [-0.15, -0.1) is 0 Å². The number of nitrogens with zero attached hydrogens (tertiary/aromatic N) is 1. The minimum Gasteiger partial charge on any atom is -0.350 e. The standard InChI is InChI=1S/C11H20N2O.C2H6/c1-13(2)9-5-8-11(14)12-10-6-3-4-7-10;1-2/h5,8,10H,3-4,6-7,9H2,1-2H3,(H,12,14);1-2H3/b8-5+;. The molecule has 0 aromatic rings. The van der Waals surface area contributed by atoms with E-state index in [9.17, 15) is 4.79 Å². The van der Waals surface area contributed by atoms with Crippen LogP contribution in [0, 0.1) is 0 Å². The first-order valence-corrected chi connectivity index (χ1v) is 6.30. The normalized spacial score (nSPS) is 16.3. The molecule has 1 amide bonds. The summed E-state index contributed by atoms with van der Waals surface area (Å²) < 4.78 is 0. The highest BCUT2D eigenvalue weighted by Crippen LogP contribution is 2.17. The van der Waals surface area contributed by atoms with E-state index in [0.717, 1.165) is 19.4 Å². The first-order chi connectivity index (χ1) is 7.68. The zero-order valence-corrected chi connectivity index (χ0v) is 11.1. The van der Waals surface area contributed by atoms with Gasteiger partial charge in [-0.05, 0) is 26.9 Å². The molecule has 1 N–H and O–H groups in total. The van der Waals surface area contributed by atoms with Crippen LogP contribution in [-0.4, -0.2) is 37.5 Å². The number of nitrogens with one attached hydrogen (secondary N) is 1. The van der Waals surface area contributed by atoms with Crippen molar-refractivity contribution in [1.29, 1.82) is 0 Å². The molecule has 0 saturated heterocycles. The molecule has 1 saturated carbocycles. The third-order valence-corrected chi connectivity index (χ3v) is 2.44. The van der Waals surface area contributed by atoms with E-state index in [1.807, 2.05) is 38.9 Å². The van der Waals surface area contributed by atoms with Crippen LogP contribution in [0.1, 0.15) is 39.5 Å². The fourth-order valence-corrected chi connectivity index (χ4v) is 1.69. The summed E-state index contributed by atoms with van der Waals surface area (Å²) in [5.74, 6) is 0.0544. The minimum absolute atomic E-state index is 0.0544. The average Bonchev–Trinajstić information content (AvgIpc) is 2.73. The molecule has 0 heterocycles. The van der Waals surface area contributed by atoms with Crippen LogP contribution in [0.3, 0.4) is 0 Å². The van der Waals surface area contributed by atoms with Gasteiger partial charge >= 0.3 is 0 Å². The van der Waals surface area contributed by atoms with E-state index >= 15 is 0 Å². The van der Waals surface area contributed by atoms with E-state index in [-0.39, 0.29) is 5.91 Å². The van der Waals surface area contributed by atoms with Gasteiger partial charge in [-0.1, -0.05) is 32.8 Å². The fourth-order valence-electron chi connectivity index (χ4n) is 1.69. The molecule has 0 bridgehead atoms. The predicted octanol–water partition coefficient (Wildman–Crippen LogP) is 2.19. The number of rotatable bonds is 4. The van der Waals surface area contributed by atoms with Crippen LogP contribution in [0.2, 0.25) is 0 Å². The number of carbonyl (C=O) groups is 1. The Morgan fingerprint density at radius 3 is 2.38 bits per heavy atom. The van der Waals surface area contributed by atoms with Crippen molar-refractivity contribution in [3.05, 3.63) is 12.2 Å². The number of hydrogen-bond donors (Lipinski definition) is 1. The van der Waals surface area contributed by atoms with Gasteiger partial charge in [0.15, 0.2) is 0 Å². The van der Waals surface area contributed by atoms with Crippen LogP contribution in [-0.2, 0) is 4.79 Å². The lowest BCUT2D eigenvalue weighted by molar-refractivity contribution is -0.117. The van der Waals surface area contributed by atoms with Gasteiger partial charge in [-0.25, -0.2) is 0 Å². The third kappa shape index (κ3) is 7.46. The largest absolute Gasteiger partial charge is 0.350 e. The Bertz CT molecular complexity index is 206. The first-order valence-electron chi connectivity index (χ1n) is 6.30. The van der Waals surface area contributed by atoms with Crippen molar-refractivity contribution in [1.82, 2.24) is 10.2 Å². The second-order valence-electron chi connectivity index (χ2n) is 4.15. The third-order valence-electron chi connectivity index (χ3n) is 2.44. The number of hydrogen-bond acceptors (Lipinski definition) is 2. The van der Waals surface area contributed by atoms with Gasteiger partial charge in [-0.2, -0.15) is 0 Å². The Hall–Kier alpha value is -0.830. The van der Waals surface area contributed by atoms with E-state index in [2.05, 4.69) is 5.32 Å². The zero-order valence-electron chi connectivity index (χ0n) is 11.1. The van der Waals surface area contributed by atoms with E-state index in [4.69, 9.17) is 0 Å². The lowest BCUT2D eigenvalue weighted by atomic mass is 10.2. The van der Waals surface area contributed by atoms with Crippen LogP contribution >= 0.6 is 0 Å². The van der Waals surface area contributed by atoms with Crippen LogP contribution in [0.25, 0.3) is 0 Å². The van der Waals surface area contributed by atoms with Crippen LogP contribution in [0.4, 0.5) is 0 Å². The highest BCUT2D eigenvalue weighted by Gasteiger charge is 2.15. The molecule has 0 radical (unpaired) electrons. The SMILES string of the molecule is CC.CN(C)C/C=C/C(=O)NC1CCCC1. The smallest absolute Gasteiger partial charge is 0.243 e. The topological polar surface area (TPSA) is 32.3 Å². The lowest BCUT2D eigenvalue weighted by Crippen LogP contribution is -2.31. The number of amides is 1. The summed E-state index contributed by atoms with van der Waals surface area (Å²) >= 11 is 0. The molecule has 0 spiro atoms. The van der Waals surface area contributed by atoms with E-state index in [1.165, 1.54) is 12.8 Å². The molecule has 1 aliphatic rings.